The van der Waals surface area contributed by atoms with Gasteiger partial charge < -0.3 is 0 Å². The van der Waals surface area contributed by atoms with E-state index in [1.807, 2.05) is 12.1 Å². The fourth-order valence-corrected chi connectivity index (χ4v) is 0.554. The Balaban J connectivity index is 3.35. The van der Waals surface area contributed by atoms with Crippen LogP contribution in [0, 0.1) is 22.7 Å². The quantitative estimate of drug-likeness (QED) is 0.544. The van der Waals surface area contributed by atoms with Crippen molar-refractivity contribution in [3.63, 3.8) is 0 Å². The number of hydrogen-bond donors (Lipinski definition) is 0. The second-order valence-corrected chi connectivity index (χ2v) is 1.82. The maximum Gasteiger partial charge on any atom is 0.0917 e. The van der Waals surface area contributed by atoms with Crippen LogP contribution in [-0.4, -0.2) is 0 Å². The van der Waals surface area contributed by atoms with Crippen LogP contribution in [0.5, 0.6) is 0 Å². The summed E-state index contributed by atoms with van der Waals surface area (Å²) in [5.41, 5.74) is 0. The molecular weight excluding hydrogens is 132 g/mol. The van der Waals surface area contributed by atoms with Crippen molar-refractivity contribution in [1.82, 2.24) is 0 Å². The highest BCUT2D eigenvalue weighted by molar-refractivity contribution is 8.04. The molecule has 0 aliphatic rings. The molecule has 0 aliphatic carbocycles. The molecule has 0 N–H and O–H groups in total. The summed E-state index contributed by atoms with van der Waals surface area (Å²) in [7, 11) is 0. The predicted octanol–water partition coefficient (Wildman–Crippen LogP) is 1.79. The average Bonchev–Trinajstić information content (AvgIpc) is 1.89. The Bertz CT molecular complexity index is 170. The van der Waals surface area contributed by atoms with Crippen molar-refractivity contribution >= 4 is 11.8 Å². The van der Waals surface area contributed by atoms with Crippen molar-refractivity contribution in [2.24, 2.45) is 0 Å². The lowest BCUT2D eigenvalue weighted by molar-refractivity contribution is 1.54. The Morgan fingerprint density at radius 1 is 1.00 bits per heavy atom. The van der Waals surface area contributed by atoms with Gasteiger partial charge in [0, 0.05) is 12.2 Å². The molecule has 0 aromatic heterocycles. The van der Waals surface area contributed by atoms with Gasteiger partial charge in [0.25, 0.3) is 0 Å². The molecule has 3 heteroatoms. The number of thioether (sulfide) groups is 1. The summed E-state index contributed by atoms with van der Waals surface area (Å²) in [6.07, 6.45) is 2.71. The maximum absolute atomic E-state index is 7.98. The fourth-order valence-electron chi connectivity index (χ4n) is 0.185. The zero-order valence-electron chi connectivity index (χ0n) is 4.61. The first kappa shape index (κ1) is 7.81. The van der Waals surface area contributed by atoms with E-state index in [1.165, 1.54) is 23.9 Å². The maximum atomic E-state index is 7.98. The molecule has 9 heavy (non-hydrogen) atoms. The minimum absolute atomic E-state index is 1.30. The van der Waals surface area contributed by atoms with Crippen LogP contribution in [0.2, 0.25) is 0 Å². The molecule has 0 bridgehead atoms. The second kappa shape index (κ2) is 6.81. The van der Waals surface area contributed by atoms with Crippen molar-refractivity contribution in [1.29, 1.82) is 10.5 Å². The molecule has 0 aromatic rings. The lowest BCUT2D eigenvalue weighted by Crippen LogP contribution is -1.44. The minimum Gasteiger partial charge on any atom is -0.193 e. The molecule has 0 aromatic carbocycles. The van der Waals surface area contributed by atoms with Gasteiger partial charge in [0.1, 0.15) is 0 Å². The summed E-state index contributed by atoms with van der Waals surface area (Å²) in [5.74, 6) is 0. The van der Waals surface area contributed by atoms with Crippen LogP contribution < -0.4 is 0 Å². The van der Waals surface area contributed by atoms with Crippen molar-refractivity contribution in [2.45, 2.75) is 0 Å². The molecule has 0 aliphatic heterocycles. The van der Waals surface area contributed by atoms with E-state index in [0.29, 0.717) is 0 Å². The van der Waals surface area contributed by atoms with Crippen molar-refractivity contribution < 1.29 is 0 Å². The van der Waals surface area contributed by atoms with E-state index < -0.39 is 0 Å². The fraction of sp³-hybridized carbons (Fsp3) is 0. The molecule has 0 unspecified atom stereocenters. The van der Waals surface area contributed by atoms with Gasteiger partial charge in [-0.1, -0.05) is 0 Å². The van der Waals surface area contributed by atoms with E-state index in [2.05, 4.69) is 0 Å². The number of rotatable bonds is 2. The smallest absolute Gasteiger partial charge is 0.0917 e. The zero-order valence-corrected chi connectivity index (χ0v) is 5.43. The Labute approximate surface area is 58.1 Å². The SMILES string of the molecule is N#C/C=C/S/C=C/C#N. The van der Waals surface area contributed by atoms with Gasteiger partial charge in [0.15, 0.2) is 0 Å². The van der Waals surface area contributed by atoms with Gasteiger partial charge in [-0.05, 0) is 10.8 Å². The van der Waals surface area contributed by atoms with E-state index >= 15 is 0 Å². The Hall–Kier alpha value is -1.19. The van der Waals surface area contributed by atoms with Gasteiger partial charge in [-0.3, -0.25) is 0 Å². The molecule has 0 fully saturated rings. The third-order valence-electron chi connectivity index (χ3n) is 0.442. The molecule has 0 saturated heterocycles. The number of nitrogens with zero attached hydrogens (tertiary/aromatic N) is 2. The lowest BCUT2D eigenvalue weighted by Gasteiger charge is -1.71. The van der Waals surface area contributed by atoms with E-state index in [1.54, 1.807) is 10.8 Å². The van der Waals surface area contributed by atoms with Gasteiger partial charge in [0.05, 0.1) is 12.1 Å². The Morgan fingerprint density at radius 2 is 1.44 bits per heavy atom. The first-order chi connectivity index (χ1) is 4.41. The van der Waals surface area contributed by atoms with Crippen molar-refractivity contribution in [3.8, 4) is 12.1 Å². The summed E-state index contributed by atoms with van der Waals surface area (Å²) < 4.78 is 0. The number of nitriles is 2. The van der Waals surface area contributed by atoms with Gasteiger partial charge in [-0.15, -0.1) is 11.8 Å². The molecule has 0 radical (unpaired) electrons. The summed E-state index contributed by atoms with van der Waals surface area (Å²) in [6, 6.07) is 3.65. The highest BCUT2D eigenvalue weighted by atomic mass is 32.2. The van der Waals surface area contributed by atoms with Gasteiger partial charge in [0.2, 0.25) is 0 Å². The first-order valence-electron chi connectivity index (χ1n) is 2.16. The summed E-state index contributed by atoms with van der Waals surface area (Å²) >= 11 is 1.30. The molecule has 0 rings (SSSR count). The van der Waals surface area contributed by atoms with Gasteiger partial charge in [-0.2, -0.15) is 10.5 Å². The zero-order chi connectivity index (χ0) is 6.95. The molecule has 0 spiro atoms. The summed E-state index contributed by atoms with van der Waals surface area (Å²) in [4.78, 5) is 0. The van der Waals surface area contributed by atoms with Crippen LogP contribution in [0.15, 0.2) is 23.0 Å². The minimum atomic E-state index is 1.30. The highest BCUT2D eigenvalue weighted by Gasteiger charge is 1.67. The molecule has 0 amide bonds. The lowest BCUT2D eigenvalue weighted by atomic mass is 10.7. The molecule has 44 valence electrons. The van der Waals surface area contributed by atoms with Crippen molar-refractivity contribution in [3.05, 3.63) is 23.0 Å². The Morgan fingerprint density at radius 3 is 1.78 bits per heavy atom. The van der Waals surface area contributed by atoms with E-state index in [4.69, 9.17) is 10.5 Å². The molecule has 2 nitrogen and oxygen atoms in total. The third-order valence-corrected chi connectivity index (χ3v) is 1.03. The van der Waals surface area contributed by atoms with Crippen molar-refractivity contribution in [2.75, 3.05) is 0 Å². The third kappa shape index (κ3) is 6.81. The molecule has 0 atom stereocenters. The van der Waals surface area contributed by atoms with Crippen LogP contribution >= 0.6 is 11.8 Å². The number of hydrogen-bond acceptors (Lipinski definition) is 3. The second-order valence-electron chi connectivity index (χ2n) is 1.000. The van der Waals surface area contributed by atoms with Crippen LogP contribution in [-0.2, 0) is 0 Å². The van der Waals surface area contributed by atoms with Gasteiger partial charge in [-0.25, -0.2) is 0 Å². The van der Waals surface area contributed by atoms with E-state index in [9.17, 15) is 0 Å². The van der Waals surface area contributed by atoms with Gasteiger partial charge >= 0.3 is 0 Å². The monoisotopic (exact) mass is 136 g/mol. The average molecular weight is 136 g/mol. The molecular formula is C6H4N2S. The normalized spacial score (nSPS) is 9.56. The number of allylic oxidation sites excluding steroid dienone is 2. The highest BCUT2D eigenvalue weighted by Crippen LogP contribution is 2.01. The summed E-state index contributed by atoms with van der Waals surface area (Å²) in [6.45, 7) is 0. The molecule has 0 heterocycles. The van der Waals surface area contributed by atoms with Crippen LogP contribution in [0.4, 0.5) is 0 Å². The largest absolute Gasteiger partial charge is 0.193 e. The summed E-state index contributed by atoms with van der Waals surface area (Å²) in [5, 5.41) is 19.2. The topological polar surface area (TPSA) is 47.6 Å². The predicted molar refractivity (Wildman–Crippen MR) is 37.1 cm³/mol. The van der Waals surface area contributed by atoms with E-state index in [-0.39, 0.29) is 0 Å². The molecule has 0 saturated carbocycles. The standard InChI is InChI=1S/C6H4N2S/c7-3-1-5-9-6-2-4-8/h1-2,5-6H/b5-1+,6-2+. The Kier molecular flexibility index (Phi) is 5.91. The van der Waals surface area contributed by atoms with E-state index in [0.717, 1.165) is 0 Å². The van der Waals surface area contributed by atoms with Crippen LogP contribution in [0.1, 0.15) is 0 Å². The van der Waals surface area contributed by atoms with Crippen LogP contribution in [0.25, 0.3) is 0 Å². The van der Waals surface area contributed by atoms with Crippen LogP contribution in [0.3, 0.4) is 0 Å². The first-order valence-corrected chi connectivity index (χ1v) is 3.11.